The summed E-state index contributed by atoms with van der Waals surface area (Å²) in [4.78, 5) is 26.5. The van der Waals surface area contributed by atoms with Crippen LogP contribution < -0.4 is 15.5 Å². The fraction of sp³-hybridized carbons (Fsp3) is 0.167. The van der Waals surface area contributed by atoms with E-state index in [1.807, 2.05) is 19.1 Å². The number of urea groups is 1. The molecule has 5 nitrogen and oxygen atoms in total. The Hall–Kier alpha value is -3.88. The summed E-state index contributed by atoms with van der Waals surface area (Å²) in [6, 6.07) is 15.9. The fourth-order valence-corrected chi connectivity index (χ4v) is 3.02. The quantitative estimate of drug-likeness (QED) is 0.470. The molecule has 0 atom stereocenters. The summed E-state index contributed by atoms with van der Waals surface area (Å²) in [6.07, 6.45) is -4.57. The maximum Gasteiger partial charge on any atom is 0.416 e. The zero-order chi connectivity index (χ0) is 24.0. The molecule has 3 aromatic carbocycles. The van der Waals surface area contributed by atoms with E-state index in [0.717, 1.165) is 23.8 Å². The Morgan fingerprint density at radius 2 is 1.61 bits per heavy atom. The maximum absolute atomic E-state index is 13.3. The number of carbonyl (C=O) groups is 2. The van der Waals surface area contributed by atoms with Gasteiger partial charge in [-0.2, -0.15) is 13.2 Å². The molecule has 172 valence electrons. The number of amides is 3. The van der Waals surface area contributed by atoms with Crippen molar-refractivity contribution in [3.63, 3.8) is 0 Å². The van der Waals surface area contributed by atoms with Crippen molar-refractivity contribution < 1.29 is 27.2 Å². The second-order valence-corrected chi connectivity index (χ2v) is 7.26. The van der Waals surface area contributed by atoms with Gasteiger partial charge in [0.25, 0.3) is 5.91 Å². The molecule has 3 amide bonds. The maximum atomic E-state index is 13.3. The largest absolute Gasteiger partial charge is 0.416 e. The summed E-state index contributed by atoms with van der Waals surface area (Å²) in [7, 11) is 0. The van der Waals surface area contributed by atoms with E-state index in [1.54, 1.807) is 12.1 Å². The van der Waals surface area contributed by atoms with Gasteiger partial charge in [0.05, 0.1) is 5.56 Å². The van der Waals surface area contributed by atoms with Crippen LogP contribution in [0.2, 0.25) is 0 Å². The van der Waals surface area contributed by atoms with Gasteiger partial charge in [-0.25, -0.2) is 9.18 Å². The lowest BCUT2D eigenvalue weighted by atomic mass is 10.1. The topological polar surface area (TPSA) is 61.4 Å². The zero-order valence-electron chi connectivity index (χ0n) is 17.6. The molecule has 0 aliphatic carbocycles. The lowest BCUT2D eigenvalue weighted by Gasteiger charge is -2.23. The van der Waals surface area contributed by atoms with Crippen molar-refractivity contribution in [1.29, 1.82) is 0 Å². The molecule has 3 aromatic rings. The van der Waals surface area contributed by atoms with Gasteiger partial charge in [-0.3, -0.25) is 9.69 Å². The van der Waals surface area contributed by atoms with Gasteiger partial charge >= 0.3 is 12.2 Å². The fourth-order valence-electron chi connectivity index (χ4n) is 3.02. The SMILES string of the molecule is Cc1ccc(NC(=O)N(CCNC(=O)c2cccc(C(F)(F)F)c2)c2ccc(F)cc2)cc1. The van der Waals surface area contributed by atoms with Crippen LogP contribution in [0.25, 0.3) is 0 Å². The van der Waals surface area contributed by atoms with Crippen LogP contribution in [0.3, 0.4) is 0 Å². The van der Waals surface area contributed by atoms with Gasteiger partial charge in [0, 0.05) is 30.0 Å². The molecular weight excluding hydrogens is 438 g/mol. The van der Waals surface area contributed by atoms with Crippen LogP contribution in [0.1, 0.15) is 21.5 Å². The molecule has 3 rings (SSSR count). The van der Waals surface area contributed by atoms with Crippen molar-refractivity contribution >= 4 is 23.3 Å². The molecule has 0 heterocycles. The van der Waals surface area contributed by atoms with Gasteiger partial charge in [-0.05, 0) is 61.5 Å². The number of benzene rings is 3. The number of halogens is 4. The highest BCUT2D eigenvalue weighted by Crippen LogP contribution is 2.29. The highest BCUT2D eigenvalue weighted by molar-refractivity contribution is 6.02. The van der Waals surface area contributed by atoms with E-state index in [1.165, 1.54) is 35.2 Å². The van der Waals surface area contributed by atoms with Crippen molar-refractivity contribution in [2.75, 3.05) is 23.3 Å². The third kappa shape index (κ3) is 6.55. The first-order valence-electron chi connectivity index (χ1n) is 10.00. The standard InChI is InChI=1S/C24H21F4N3O2/c1-16-5-9-20(10-6-16)30-23(33)31(21-11-7-19(25)8-12-21)14-13-29-22(32)17-3-2-4-18(15-17)24(26,27)28/h2-12,15H,13-14H2,1H3,(H,29,32)(H,30,33). The predicted octanol–water partition coefficient (Wildman–Crippen LogP) is 5.62. The minimum absolute atomic E-state index is 0.00592. The summed E-state index contributed by atoms with van der Waals surface area (Å²) in [6.45, 7) is 1.85. The number of carbonyl (C=O) groups excluding carboxylic acids is 2. The highest BCUT2D eigenvalue weighted by atomic mass is 19.4. The van der Waals surface area contributed by atoms with Crippen LogP contribution in [0, 0.1) is 12.7 Å². The Bertz CT molecular complexity index is 1110. The molecule has 33 heavy (non-hydrogen) atoms. The number of hydrogen-bond acceptors (Lipinski definition) is 2. The lowest BCUT2D eigenvalue weighted by molar-refractivity contribution is -0.137. The Balaban J connectivity index is 1.70. The summed E-state index contributed by atoms with van der Waals surface area (Å²) >= 11 is 0. The lowest BCUT2D eigenvalue weighted by Crippen LogP contribution is -2.41. The molecule has 0 bridgehead atoms. The molecule has 0 aliphatic heterocycles. The Morgan fingerprint density at radius 3 is 2.24 bits per heavy atom. The van der Waals surface area contributed by atoms with Gasteiger partial charge in [0.15, 0.2) is 0 Å². The molecule has 9 heteroatoms. The van der Waals surface area contributed by atoms with Crippen molar-refractivity contribution in [2.45, 2.75) is 13.1 Å². The van der Waals surface area contributed by atoms with E-state index >= 15 is 0 Å². The third-order valence-electron chi connectivity index (χ3n) is 4.76. The molecule has 0 radical (unpaired) electrons. The second kappa shape index (κ2) is 10.2. The van der Waals surface area contributed by atoms with Crippen molar-refractivity contribution in [1.82, 2.24) is 5.32 Å². The average Bonchev–Trinajstić information content (AvgIpc) is 2.78. The van der Waals surface area contributed by atoms with E-state index < -0.39 is 29.5 Å². The molecule has 0 unspecified atom stereocenters. The van der Waals surface area contributed by atoms with Crippen molar-refractivity contribution in [3.05, 3.63) is 95.3 Å². The normalized spacial score (nSPS) is 11.1. The molecule has 2 N–H and O–H groups in total. The minimum Gasteiger partial charge on any atom is -0.350 e. The summed E-state index contributed by atoms with van der Waals surface area (Å²) < 4.78 is 52.0. The number of alkyl halides is 3. The monoisotopic (exact) mass is 459 g/mol. The van der Waals surface area contributed by atoms with Crippen LogP contribution in [0.15, 0.2) is 72.8 Å². The third-order valence-corrected chi connectivity index (χ3v) is 4.76. The Morgan fingerprint density at radius 1 is 0.939 bits per heavy atom. The molecule has 0 aromatic heterocycles. The first kappa shape index (κ1) is 23.8. The number of anilines is 2. The molecule has 0 fully saturated rings. The molecule has 0 aliphatic rings. The van der Waals surface area contributed by atoms with E-state index in [4.69, 9.17) is 0 Å². The van der Waals surface area contributed by atoms with Gasteiger partial charge in [-0.15, -0.1) is 0 Å². The van der Waals surface area contributed by atoms with Crippen LogP contribution in [-0.2, 0) is 6.18 Å². The first-order valence-corrected chi connectivity index (χ1v) is 10.00. The second-order valence-electron chi connectivity index (χ2n) is 7.26. The number of nitrogens with one attached hydrogen (secondary N) is 2. The summed E-state index contributed by atoms with van der Waals surface area (Å²) in [5.41, 5.74) is 0.864. The molecule has 0 saturated carbocycles. The van der Waals surface area contributed by atoms with E-state index in [2.05, 4.69) is 10.6 Å². The van der Waals surface area contributed by atoms with Crippen LogP contribution in [-0.4, -0.2) is 25.0 Å². The zero-order valence-corrected chi connectivity index (χ0v) is 17.6. The van der Waals surface area contributed by atoms with E-state index in [-0.39, 0.29) is 18.7 Å². The number of aryl methyl sites for hydroxylation is 1. The number of nitrogens with zero attached hydrogens (tertiary/aromatic N) is 1. The van der Waals surface area contributed by atoms with Gasteiger partial charge < -0.3 is 10.6 Å². The molecular formula is C24H21F4N3O2. The minimum atomic E-state index is -4.57. The summed E-state index contributed by atoms with van der Waals surface area (Å²) in [5.74, 6) is -1.19. The highest BCUT2D eigenvalue weighted by Gasteiger charge is 2.30. The Labute approximate surface area is 188 Å². The van der Waals surface area contributed by atoms with E-state index in [9.17, 15) is 27.2 Å². The van der Waals surface area contributed by atoms with Crippen LogP contribution in [0.5, 0.6) is 0 Å². The van der Waals surface area contributed by atoms with E-state index in [0.29, 0.717) is 11.4 Å². The average molecular weight is 459 g/mol. The van der Waals surface area contributed by atoms with Gasteiger partial charge in [0.2, 0.25) is 0 Å². The Kier molecular flexibility index (Phi) is 7.32. The molecule has 0 saturated heterocycles. The van der Waals surface area contributed by atoms with Crippen molar-refractivity contribution in [2.24, 2.45) is 0 Å². The van der Waals surface area contributed by atoms with Crippen molar-refractivity contribution in [3.8, 4) is 0 Å². The number of rotatable bonds is 6. The van der Waals surface area contributed by atoms with Gasteiger partial charge in [-0.1, -0.05) is 23.8 Å². The first-order chi connectivity index (χ1) is 15.6. The van der Waals surface area contributed by atoms with Crippen LogP contribution in [0.4, 0.5) is 33.7 Å². The number of hydrogen-bond donors (Lipinski definition) is 2. The molecule has 0 spiro atoms. The predicted molar refractivity (Wildman–Crippen MR) is 118 cm³/mol. The smallest absolute Gasteiger partial charge is 0.350 e. The summed E-state index contributed by atoms with van der Waals surface area (Å²) in [5, 5.41) is 5.25. The van der Waals surface area contributed by atoms with Crippen LogP contribution >= 0.6 is 0 Å². The van der Waals surface area contributed by atoms with Gasteiger partial charge in [0.1, 0.15) is 5.82 Å².